The first-order valence-corrected chi connectivity index (χ1v) is 7.94. The van der Waals surface area contributed by atoms with Gasteiger partial charge in [-0.15, -0.1) is 24.0 Å². The summed E-state index contributed by atoms with van der Waals surface area (Å²) in [6.45, 7) is -0.837. The van der Waals surface area contributed by atoms with E-state index in [0.717, 1.165) is 0 Å². The molecule has 0 aliphatic heterocycles. The Labute approximate surface area is 173 Å². The number of hydrogen-bond acceptors (Lipinski definition) is 4. The van der Waals surface area contributed by atoms with Crippen LogP contribution >= 0.6 is 24.0 Å². The molecule has 0 bridgehead atoms. The van der Waals surface area contributed by atoms with Gasteiger partial charge in [0, 0.05) is 17.3 Å². The van der Waals surface area contributed by atoms with Gasteiger partial charge in [-0.1, -0.05) is 18.2 Å². The lowest BCUT2D eigenvalue weighted by molar-refractivity contribution is -0.0520. The number of aliphatic imine (C=N–C) groups is 1. The van der Waals surface area contributed by atoms with Gasteiger partial charge in [-0.2, -0.15) is 8.78 Å². The van der Waals surface area contributed by atoms with Gasteiger partial charge in [-0.3, -0.25) is 0 Å². The lowest BCUT2D eigenvalue weighted by Crippen LogP contribution is -2.22. The van der Waals surface area contributed by atoms with Crippen molar-refractivity contribution in [3.05, 3.63) is 48.0 Å². The summed E-state index contributed by atoms with van der Waals surface area (Å²) in [7, 11) is 1.56. The Morgan fingerprint density at radius 3 is 2.63 bits per heavy atom. The molecule has 2 aromatic carbocycles. The van der Waals surface area contributed by atoms with Crippen LogP contribution in [0.3, 0.4) is 0 Å². The molecule has 148 valence electrons. The van der Waals surface area contributed by atoms with Gasteiger partial charge < -0.3 is 25.3 Å². The molecule has 0 aromatic heterocycles. The number of guanidine groups is 1. The third-order valence-corrected chi connectivity index (χ3v) is 3.33. The number of nitrogens with zero attached hydrogens (tertiary/aromatic N) is 1. The van der Waals surface area contributed by atoms with Gasteiger partial charge in [0.1, 0.15) is 5.75 Å². The second-order valence-electron chi connectivity index (χ2n) is 5.11. The van der Waals surface area contributed by atoms with Crippen LogP contribution in [0.2, 0.25) is 0 Å². The molecule has 3 N–H and O–H groups in total. The van der Waals surface area contributed by atoms with Crippen LogP contribution in [0, 0.1) is 0 Å². The monoisotopic (exact) mass is 493 g/mol. The Bertz CT molecular complexity index is 760. The Morgan fingerprint density at radius 2 is 1.96 bits per heavy atom. The fourth-order valence-corrected chi connectivity index (χ4v) is 2.24. The summed E-state index contributed by atoms with van der Waals surface area (Å²) in [5.74, 6) is 0.991. The highest BCUT2D eigenvalue weighted by atomic mass is 127. The molecular weight excluding hydrogens is 471 g/mol. The van der Waals surface area contributed by atoms with E-state index in [0.29, 0.717) is 23.6 Å². The maximum absolute atomic E-state index is 12.7. The van der Waals surface area contributed by atoms with Crippen molar-refractivity contribution in [2.24, 2.45) is 10.7 Å². The van der Waals surface area contributed by atoms with E-state index in [-0.39, 0.29) is 48.0 Å². The van der Waals surface area contributed by atoms with Gasteiger partial charge in [0.2, 0.25) is 0 Å². The number of anilines is 1. The Morgan fingerprint density at radius 1 is 1.22 bits per heavy atom. The molecular formula is C18H22F2IN3O3. The van der Waals surface area contributed by atoms with Gasteiger partial charge in [0.05, 0.1) is 20.3 Å². The lowest BCUT2D eigenvalue weighted by Gasteiger charge is -2.14. The number of para-hydroxylation sites is 1. The maximum Gasteiger partial charge on any atom is 0.387 e. The number of methoxy groups -OCH3 is 1. The highest BCUT2D eigenvalue weighted by Gasteiger charge is 2.15. The SMILES string of the molecule is CCOc1cccc(CN=C(N)Nc2cccc(OC)c2)c1OC(F)F.I. The predicted molar refractivity (Wildman–Crippen MR) is 112 cm³/mol. The van der Waals surface area contributed by atoms with Crippen molar-refractivity contribution in [1.82, 2.24) is 0 Å². The third kappa shape index (κ3) is 7.08. The van der Waals surface area contributed by atoms with Crippen LogP contribution in [0.15, 0.2) is 47.5 Å². The molecule has 9 heteroatoms. The molecule has 0 saturated heterocycles. The van der Waals surface area contributed by atoms with Crippen molar-refractivity contribution in [2.75, 3.05) is 19.0 Å². The smallest absolute Gasteiger partial charge is 0.387 e. The number of hydrogen-bond donors (Lipinski definition) is 2. The normalized spacial score (nSPS) is 10.9. The lowest BCUT2D eigenvalue weighted by atomic mass is 10.2. The van der Waals surface area contributed by atoms with E-state index in [1.165, 1.54) is 0 Å². The molecule has 2 rings (SSSR count). The van der Waals surface area contributed by atoms with Crippen LogP contribution in [0.1, 0.15) is 12.5 Å². The minimum absolute atomic E-state index is 0. The van der Waals surface area contributed by atoms with Gasteiger partial charge >= 0.3 is 6.61 Å². The number of alkyl halides is 2. The zero-order valence-electron chi connectivity index (χ0n) is 14.9. The molecule has 0 amide bonds. The fraction of sp³-hybridized carbons (Fsp3) is 0.278. The predicted octanol–water partition coefficient (Wildman–Crippen LogP) is 4.24. The van der Waals surface area contributed by atoms with E-state index in [2.05, 4.69) is 15.0 Å². The van der Waals surface area contributed by atoms with E-state index in [1.807, 2.05) is 0 Å². The fourth-order valence-electron chi connectivity index (χ4n) is 2.24. The highest BCUT2D eigenvalue weighted by Crippen LogP contribution is 2.33. The van der Waals surface area contributed by atoms with E-state index >= 15 is 0 Å². The van der Waals surface area contributed by atoms with Crippen molar-refractivity contribution in [3.63, 3.8) is 0 Å². The average molecular weight is 493 g/mol. The van der Waals surface area contributed by atoms with Crippen LogP contribution in [-0.4, -0.2) is 26.3 Å². The molecule has 2 aromatic rings. The van der Waals surface area contributed by atoms with Crippen LogP contribution in [0.4, 0.5) is 14.5 Å². The molecule has 0 saturated carbocycles. The van der Waals surface area contributed by atoms with Gasteiger partial charge in [0.15, 0.2) is 17.5 Å². The van der Waals surface area contributed by atoms with Crippen molar-refractivity contribution in [2.45, 2.75) is 20.1 Å². The summed E-state index contributed by atoms with van der Waals surface area (Å²) in [6.07, 6.45) is 0. The van der Waals surface area contributed by atoms with Crippen molar-refractivity contribution >= 4 is 35.6 Å². The average Bonchev–Trinajstić information content (AvgIpc) is 2.62. The topological polar surface area (TPSA) is 78.1 Å². The molecule has 0 spiro atoms. The van der Waals surface area contributed by atoms with Crippen molar-refractivity contribution < 1.29 is 23.0 Å². The van der Waals surface area contributed by atoms with E-state index < -0.39 is 6.61 Å². The van der Waals surface area contributed by atoms with Gasteiger partial charge in [-0.25, -0.2) is 4.99 Å². The van der Waals surface area contributed by atoms with E-state index in [9.17, 15) is 8.78 Å². The number of halogens is 3. The standard InChI is InChI=1S/C18H21F2N3O3.HI/c1-3-25-15-9-4-6-12(16(15)26-17(19)20)11-22-18(21)23-13-7-5-8-14(10-13)24-2;/h4-10,17H,3,11H2,1-2H3,(H3,21,22,23);1H. The van der Waals surface area contributed by atoms with E-state index in [4.69, 9.17) is 15.2 Å². The number of nitrogens with two attached hydrogens (primary N) is 1. The molecule has 27 heavy (non-hydrogen) atoms. The quantitative estimate of drug-likeness (QED) is 0.327. The van der Waals surface area contributed by atoms with Crippen LogP contribution in [0.5, 0.6) is 17.2 Å². The number of rotatable bonds is 8. The molecule has 0 atom stereocenters. The van der Waals surface area contributed by atoms with Crippen molar-refractivity contribution in [3.8, 4) is 17.2 Å². The second kappa shape index (κ2) is 11.4. The Hall–Kier alpha value is -2.30. The summed E-state index contributed by atoms with van der Waals surface area (Å²) in [5.41, 5.74) is 7.00. The summed E-state index contributed by atoms with van der Waals surface area (Å²) in [6, 6.07) is 12.0. The molecule has 0 aliphatic rings. The number of nitrogens with one attached hydrogen (secondary N) is 1. The summed E-state index contributed by atoms with van der Waals surface area (Å²) >= 11 is 0. The first-order chi connectivity index (χ1) is 12.5. The van der Waals surface area contributed by atoms with Crippen LogP contribution < -0.4 is 25.3 Å². The number of ether oxygens (including phenoxy) is 3. The molecule has 0 heterocycles. The first-order valence-electron chi connectivity index (χ1n) is 7.94. The largest absolute Gasteiger partial charge is 0.497 e. The van der Waals surface area contributed by atoms with Gasteiger partial charge in [0.25, 0.3) is 0 Å². The van der Waals surface area contributed by atoms with E-state index in [1.54, 1.807) is 56.5 Å². The number of benzene rings is 2. The third-order valence-electron chi connectivity index (χ3n) is 3.33. The maximum atomic E-state index is 12.7. The Kier molecular flexibility index (Phi) is 9.62. The van der Waals surface area contributed by atoms with Gasteiger partial charge in [-0.05, 0) is 25.1 Å². The Balaban J connectivity index is 0.00000364. The van der Waals surface area contributed by atoms with Crippen LogP contribution in [0.25, 0.3) is 0 Å². The molecule has 0 fully saturated rings. The minimum atomic E-state index is -2.97. The first kappa shape index (κ1) is 22.7. The summed E-state index contributed by atoms with van der Waals surface area (Å²) in [4.78, 5) is 4.18. The van der Waals surface area contributed by atoms with Crippen LogP contribution in [-0.2, 0) is 6.54 Å². The summed E-state index contributed by atoms with van der Waals surface area (Å²) < 4.78 is 40.5. The van der Waals surface area contributed by atoms with Crippen molar-refractivity contribution in [1.29, 1.82) is 0 Å². The zero-order chi connectivity index (χ0) is 18.9. The second-order valence-corrected chi connectivity index (χ2v) is 5.11. The molecule has 0 radical (unpaired) electrons. The summed E-state index contributed by atoms with van der Waals surface area (Å²) in [5, 5.41) is 2.91. The minimum Gasteiger partial charge on any atom is -0.497 e. The molecule has 0 aliphatic carbocycles. The molecule has 0 unspecified atom stereocenters. The molecule has 6 nitrogen and oxygen atoms in total. The highest BCUT2D eigenvalue weighted by molar-refractivity contribution is 14.0. The zero-order valence-corrected chi connectivity index (χ0v) is 17.3.